The second kappa shape index (κ2) is 8.84. The van der Waals surface area contributed by atoms with Gasteiger partial charge in [0.2, 0.25) is 0 Å². The van der Waals surface area contributed by atoms with Gasteiger partial charge in [0, 0.05) is 24.2 Å². The molecule has 2 aliphatic rings. The molecule has 0 saturated carbocycles. The third-order valence-electron chi connectivity index (χ3n) is 6.36. The summed E-state index contributed by atoms with van der Waals surface area (Å²) in [6.07, 6.45) is 12.0. The highest BCUT2D eigenvalue weighted by molar-refractivity contribution is 5.86. The second-order valence-corrected chi connectivity index (χ2v) is 8.07. The quantitative estimate of drug-likeness (QED) is 0.698. The molecule has 0 unspecified atom stereocenters. The molecule has 0 aromatic heterocycles. The molecule has 1 heterocycles. The van der Waals surface area contributed by atoms with Gasteiger partial charge in [-0.15, -0.1) is 0 Å². The zero-order chi connectivity index (χ0) is 20.1. The Bertz CT molecular complexity index is 875. The highest BCUT2D eigenvalue weighted by Gasteiger charge is 2.28. The molecule has 1 saturated heterocycles. The number of hydrogen-bond acceptors (Lipinski definition) is 2. The lowest BCUT2D eigenvalue weighted by Crippen LogP contribution is -2.34. The molecular weight excluding hydrogens is 352 g/mol. The van der Waals surface area contributed by atoms with Crippen molar-refractivity contribution in [3.05, 3.63) is 95.6 Å². The molecule has 0 amide bonds. The Labute approximate surface area is 175 Å². The molecule has 0 bridgehead atoms. The van der Waals surface area contributed by atoms with E-state index in [9.17, 15) is 0 Å². The Morgan fingerprint density at radius 1 is 0.828 bits per heavy atom. The fourth-order valence-electron chi connectivity index (χ4n) is 4.55. The van der Waals surface area contributed by atoms with Crippen molar-refractivity contribution in [2.45, 2.75) is 26.7 Å². The summed E-state index contributed by atoms with van der Waals surface area (Å²) in [5.41, 5.74) is 6.69. The fourth-order valence-corrected chi connectivity index (χ4v) is 4.55. The van der Waals surface area contributed by atoms with Gasteiger partial charge in [0.25, 0.3) is 0 Å². The zero-order valence-electron chi connectivity index (χ0n) is 17.7. The summed E-state index contributed by atoms with van der Waals surface area (Å²) >= 11 is 0. The number of rotatable bonds is 5. The highest BCUT2D eigenvalue weighted by atomic mass is 15.1. The molecule has 2 heteroatoms. The fraction of sp³-hybridized carbons (Fsp3) is 0.333. The minimum Gasteiger partial charge on any atom is -0.372 e. The number of anilines is 1. The summed E-state index contributed by atoms with van der Waals surface area (Å²) in [4.78, 5) is 2.39. The van der Waals surface area contributed by atoms with Gasteiger partial charge in [0.1, 0.15) is 0 Å². The van der Waals surface area contributed by atoms with Crippen LogP contribution in [0.25, 0.3) is 5.57 Å². The van der Waals surface area contributed by atoms with Crippen LogP contribution < -0.4 is 10.2 Å². The summed E-state index contributed by atoms with van der Waals surface area (Å²) in [6, 6.07) is 19.9. The predicted octanol–water partition coefficient (Wildman–Crippen LogP) is 5.83. The number of piperidine rings is 1. The SMILES string of the molecule is CCN(CC)c1ccc(C(=C2C=CC3(C=C2)CCNCC3)c2ccccc2)cc1. The van der Waals surface area contributed by atoms with E-state index in [2.05, 4.69) is 103 Å². The van der Waals surface area contributed by atoms with Crippen molar-refractivity contribution in [2.24, 2.45) is 5.41 Å². The van der Waals surface area contributed by atoms with E-state index in [1.165, 1.54) is 40.8 Å². The summed E-state index contributed by atoms with van der Waals surface area (Å²) in [6.45, 7) is 8.69. The highest BCUT2D eigenvalue weighted by Crippen LogP contribution is 2.38. The molecule has 1 fully saturated rings. The van der Waals surface area contributed by atoms with Gasteiger partial charge in [-0.2, -0.15) is 0 Å². The van der Waals surface area contributed by atoms with Crippen LogP contribution in [0.5, 0.6) is 0 Å². The summed E-state index contributed by atoms with van der Waals surface area (Å²) in [5, 5.41) is 3.48. The van der Waals surface area contributed by atoms with Gasteiger partial charge in [0.05, 0.1) is 0 Å². The molecule has 2 aromatic rings. The third kappa shape index (κ3) is 4.23. The van der Waals surface area contributed by atoms with Gasteiger partial charge in [-0.3, -0.25) is 0 Å². The molecular formula is C27H32N2. The maximum absolute atomic E-state index is 3.48. The Morgan fingerprint density at radius 3 is 2.00 bits per heavy atom. The molecule has 0 atom stereocenters. The maximum Gasteiger partial charge on any atom is 0.0366 e. The molecule has 0 radical (unpaired) electrons. The number of allylic oxidation sites excluding steroid dienone is 5. The minimum absolute atomic E-state index is 0.239. The van der Waals surface area contributed by atoms with E-state index in [0.29, 0.717) is 0 Å². The Morgan fingerprint density at radius 2 is 1.41 bits per heavy atom. The normalized spacial score (nSPS) is 17.5. The van der Waals surface area contributed by atoms with E-state index < -0.39 is 0 Å². The van der Waals surface area contributed by atoms with E-state index >= 15 is 0 Å². The average Bonchev–Trinajstić information content (AvgIpc) is 2.79. The lowest BCUT2D eigenvalue weighted by atomic mass is 9.75. The van der Waals surface area contributed by atoms with Crippen molar-refractivity contribution < 1.29 is 0 Å². The van der Waals surface area contributed by atoms with Crippen molar-refractivity contribution >= 4 is 11.3 Å². The van der Waals surface area contributed by atoms with Crippen LogP contribution in [-0.2, 0) is 0 Å². The van der Waals surface area contributed by atoms with Crippen LogP contribution in [0.3, 0.4) is 0 Å². The van der Waals surface area contributed by atoms with Gasteiger partial charge in [-0.05, 0) is 74.2 Å². The molecule has 29 heavy (non-hydrogen) atoms. The molecule has 150 valence electrons. The first kappa shape index (κ1) is 19.7. The van der Waals surface area contributed by atoms with Crippen molar-refractivity contribution in [1.82, 2.24) is 5.32 Å². The Hall–Kier alpha value is -2.58. The first-order chi connectivity index (χ1) is 14.2. The van der Waals surface area contributed by atoms with Crippen LogP contribution in [0, 0.1) is 5.41 Å². The zero-order valence-corrected chi connectivity index (χ0v) is 17.7. The van der Waals surface area contributed by atoms with Crippen molar-refractivity contribution in [1.29, 1.82) is 0 Å². The van der Waals surface area contributed by atoms with Crippen LogP contribution in [-0.4, -0.2) is 26.2 Å². The van der Waals surface area contributed by atoms with Gasteiger partial charge in [-0.25, -0.2) is 0 Å². The number of nitrogens with zero attached hydrogens (tertiary/aromatic N) is 1. The van der Waals surface area contributed by atoms with Crippen LogP contribution in [0.2, 0.25) is 0 Å². The van der Waals surface area contributed by atoms with E-state index in [1.54, 1.807) is 0 Å². The Kier molecular flexibility index (Phi) is 6.01. The Balaban J connectivity index is 1.73. The van der Waals surface area contributed by atoms with E-state index in [4.69, 9.17) is 0 Å². The maximum atomic E-state index is 3.48. The van der Waals surface area contributed by atoms with E-state index in [0.717, 1.165) is 26.2 Å². The van der Waals surface area contributed by atoms with E-state index in [1.807, 2.05) is 0 Å². The van der Waals surface area contributed by atoms with Gasteiger partial charge >= 0.3 is 0 Å². The van der Waals surface area contributed by atoms with Crippen molar-refractivity contribution in [3.8, 4) is 0 Å². The third-order valence-corrected chi connectivity index (χ3v) is 6.36. The number of benzene rings is 2. The summed E-state index contributed by atoms with van der Waals surface area (Å²) in [7, 11) is 0. The van der Waals surface area contributed by atoms with Crippen LogP contribution in [0.4, 0.5) is 5.69 Å². The largest absolute Gasteiger partial charge is 0.372 e. The van der Waals surface area contributed by atoms with Crippen molar-refractivity contribution in [2.75, 3.05) is 31.1 Å². The van der Waals surface area contributed by atoms with Gasteiger partial charge < -0.3 is 10.2 Å². The average molecular weight is 385 g/mol. The van der Waals surface area contributed by atoms with E-state index in [-0.39, 0.29) is 5.41 Å². The van der Waals surface area contributed by atoms with Crippen LogP contribution >= 0.6 is 0 Å². The van der Waals surface area contributed by atoms with Crippen LogP contribution in [0.15, 0.2) is 84.5 Å². The molecule has 2 aromatic carbocycles. The first-order valence-electron chi connectivity index (χ1n) is 11.0. The second-order valence-electron chi connectivity index (χ2n) is 8.07. The summed E-state index contributed by atoms with van der Waals surface area (Å²) < 4.78 is 0. The number of nitrogens with one attached hydrogen (secondary N) is 1. The minimum atomic E-state index is 0.239. The van der Waals surface area contributed by atoms with Crippen LogP contribution in [0.1, 0.15) is 37.8 Å². The summed E-state index contributed by atoms with van der Waals surface area (Å²) in [5.74, 6) is 0. The first-order valence-corrected chi connectivity index (χ1v) is 11.0. The molecule has 2 nitrogen and oxygen atoms in total. The monoisotopic (exact) mass is 384 g/mol. The molecule has 1 N–H and O–H groups in total. The lowest BCUT2D eigenvalue weighted by Gasteiger charge is -2.34. The molecule has 4 rings (SSSR count). The van der Waals surface area contributed by atoms with Gasteiger partial charge in [0.15, 0.2) is 0 Å². The topological polar surface area (TPSA) is 15.3 Å². The molecule has 1 aliphatic heterocycles. The number of hydrogen-bond donors (Lipinski definition) is 1. The predicted molar refractivity (Wildman–Crippen MR) is 125 cm³/mol. The standard InChI is InChI=1S/C27H32N2/c1-3-29(4-2)25-12-10-23(11-13-25)26(22-8-6-5-7-9-22)24-14-16-27(17-15-24)18-20-28-21-19-27/h5-17,28H,3-4,18-21H2,1-2H3. The van der Waals surface area contributed by atoms with Crippen molar-refractivity contribution in [3.63, 3.8) is 0 Å². The van der Waals surface area contributed by atoms with Gasteiger partial charge in [-0.1, -0.05) is 66.8 Å². The molecule has 1 aliphatic carbocycles. The lowest BCUT2D eigenvalue weighted by molar-refractivity contribution is 0.341. The molecule has 1 spiro atoms. The smallest absolute Gasteiger partial charge is 0.0366 e.